The molecule has 5 nitrogen and oxygen atoms in total. The lowest BCUT2D eigenvalue weighted by atomic mass is 9.81. The Morgan fingerprint density at radius 3 is 2.26 bits per heavy atom. The standard InChI is InChI=1S/C14H26N2O3/c1-10(2)16(9-13(17)19-3)14(18)12-6-4-11(8-15)5-7-12/h10-12H,4-9,15H2,1-3H3. The minimum atomic E-state index is -0.363. The van der Waals surface area contributed by atoms with Gasteiger partial charge in [0, 0.05) is 12.0 Å². The average molecular weight is 270 g/mol. The van der Waals surface area contributed by atoms with Crippen LogP contribution in [0, 0.1) is 11.8 Å². The van der Waals surface area contributed by atoms with Gasteiger partial charge in [0.15, 0.2) is 0 Å². The lowest BCUT2D eigenvalue weighted by Gasteiger charge is -2.33. The molecule has 0 heterocycles. The van der Waals surface area contributed by atoms with Gasteiger partial charge in [0.2, 0.25) is 5.91 Å². The van der Waals surface area contributed by atoms with Crippen LogP contribution in [0.25, 0.3) is 0 Å². The van der Waals surface area contributed by atoms with Crippen molar-refractivity contribution in [1.29, 1.82) is 0 Å². The maximum atomic E-state index is 12.5. The number of carbonyl (C=O) groups excluding carboxylic acids is 2. The molecular formula is C14H26N2O3. The number of hydrogen-bond acceptors (Lipinski definition) is 4. The summed E-state index contributed by atoms with van der Waals surface area (Å²) < 4.78 is 4.65. The van der Waals surface area contributed by atoms with Crippen LogP contribution in [0.3, 0.4) is 0 Å². The van der Waals surface area contributed by atoms with Crippen molar-refractivity contribution in [3.05, 3.63) is 0 Å². The molecule has 5 heteroatoms. The second-order valence-corrected chi connectivity index (χ2v) is 5.59. The van der Waals surface area contributed by atoms with E-state index in [0.29, 0.717) is 12.5 Å². The summed E-state index contributed by atoms with van der Waals surface area (Å²) in [5.41, 5.74) is 5.66. The van der Waals surface area contributed by atoms with Gasteiger partial charge in [0.1, 0.15) is 6.54 Å². The van der Waals surface area contributed by atoms with Gasteiger partial charge in [-0.05, 0) is 52.0 Å². The van der Waals surface area contributed by atoms with E-state index in [4.69, 9.17) is 5.73 Å². The van der Waals surface area contributed by atoms with Crippen molar-refractivity contribution in [3.8, 4) is 0 Å². The number of amides is 1. The van der Waals surface area contributed by atoms with E-state index in [9.17, 15) is 9.59 Å². The Balaban J connectivity index is 2.59. The lowest BCUT2D eigenvalue weighted by Crippen LogP contribution is -2.45. The van der Waals surface area contributed by atoms with Gasteiger partial charge in [0.05, 0.1) is 7.11 Å². The first kappa shape index (κ1) is 16.0. The maximum Gasteiger partial charge on any atom is 0.325 e. The molecule has 1 saturated carbocycles. The molecule has 0 atom stereocenters. The number of methoxy groups -OCH3 is 1. The van der Waals surface area contributed by atoms with Gasteiger partial charge in [-0.2, -0.15) is 0 Å². The molecule has 1 aliphatic carbocycles. The largest absolute Gasteiger partial charge is 0.468 e. The summed E-state index contributed by atoms with van der Waals surface area (Å²) in [4.78, 5) is 25.5. The average Bonchev–Trinajstić information content (AvgIpc) is 2.43. The Kier molecular flexibility index (Phi) is 6.28. The van der Waals surface area contributed by atoms with Crippen LogP contribution in [0.4, 0.5) is 0 Å². The molecule has 1 fully saturated rings. The predicted octanol–water partition coefficient (Wildman–Crippen LogP) is 1.16. The van der Waals surface area contributed by atoms with Crippen LogP contribution in [0.15, 0.2) is 0 Å². The zero-order chi connectivity index (χ0) is 14.4. The molecule has 0 aromatic carbocycles. The van der Waals surface area contributed by atoms with Gasteiger partial charge in [-0.1, -0.05) is 0 Å². The molecular weight excluding hydrogens is 244 g/mol. The Hall–Kier alpha value is -1.10. The third-order valence-electron chi connectivity index (χ3n) is 3.96. The van der Waals surface area contributed by atoms with Crippen LogP contribution < -0.4 is 5.73 Å². The molecule has 0 aromatic rings. The first-order valence-corrected chi connectivity index (χ1v) is 7.07. The lowest BCUT2D eigenvalue weighted by molar-refractivity contribution is -0.150. The zero-order valence-electron chi connectivity index (χ0n) is 12.2. The molecule has 110 valence electrons. The second kappa shape index (κ2) is 7.48. The quantitative estimate of drug-likeness (QED) is 0.761. The van der Waals surface area contributed by atoms with E-state index < -0.39 is 0 Å². The molecule has 19 heavy (non-hydrogen) atoms. The van der Waals surface area contributed by atoms with Crippen molar-refractivity contribution < 1.29 is 14.3 Å². The van der Waals surface area contributed by atoms with Gasteiger partial charge >= 0.3 is 5.97 Å². The second-order valence-electron chi connectivity index (χ2n) is 5.59. The molecule has 0 radical (unpaired) electrons. The highest BCUT2D eigenvalue weighted by Gasteiger charge is 2.31. The van der Waals surface area contributed by atoms with Crippen molar-refractivity contribution in [1.82, 2.24) is 4.90 Å². The minimum absolute atomic E-state index is 0.0128. The molecule has 0 aliphatic heterocycles. The number of esters is 1. The molecule has 0 spiro atoms. The number of rotatable bonds is 5. The number of ether oxygens (including phenoxy) is 1. The fraction of sp³-hybridized carbons (Fsp3) is 0.857. The van der Waals surface area contributed by atoms with Crippen LogP contribution in [-0.4, -0.2) is 43.0 Å². The SMILES string of the molecule is COC(=O)CN(C(=O)C1CCC(CN)CC1)C(C)C. The molecule has 0 saturated heterocycles. The molecule has 0 unspecified atom stereocenters. The Morgan fingerprint density at radius 2 is 1.84 bits per heavy atom. The van der Waals surface area contributed by atoms with E-state index in [1.807, 2.05) is 13.8 Å². The fourth-order valence-corrected chi connectivity index (χ4v) is 2.60. The number of nitrogens with zero attached hydrogens (tertiary/aromatic N) is 1. The predicted molar refractivity (Wildman–Crippen MR) is 73.4 cm³/mol. The van der Waals surface area contributed by atoms with Gasteiger partial charge in [0.25, 0.3) is 0 Å². The summed E-state index contributed by atoms with van der Waals surface area (Å²) in [7, 11) is 1.35. The van der Waals surface area contributed by atoms with Gasteiger partial charge < -0.3 is 15.4 Å². The first-order valence-electron chi connectivity index (χ1n) is 7.07. The van der Waals surface area contributed by atoms with Gasteiger partial charge in [-0.3, -0.25) is 9.59 Å². The topological polar surface area (TPSA) is 72.6 Å². The highest BCUT2D eigenvalue weighted by atomic mass is 16.5. The monoisotopic (exact) mass is 270 g/mol. The number of hydrogen-bond donors (Lipinski definition) is 1. The van der Waals surface area contributed by atoms with Crippen LogP contribution in [0.5, 0.6) is 0 Å². The summed E-state index contributed by atoms with van der Waals surface area (Å²) in [6.07, 6.45) is 3.78. The van der Waals surface area contributed by atoms with Gasteiger partial charge in [-0.25, -0.2) is 0 Å². The van der Waals surface area contributed by atoms with Crippen LogP contribution >= 0.6 is 0 Å². The van der Waals surface area contributed by atoms with E-state index in [1.54, 1.807) is 4.90 Å². The Bertz CT molecular complexity index is 310. The molecule has 2 N–H and O–H groups in total. The summed E-state index contributed by atoms with van der Waals surface area (Å²) in [6, 6.07) is 0.0128. The van der Waals surface area contributed by atoms with E-state index in [-0.39, 0.29) is 30.4 Å². The van der Waals surface area contributed by atoms with Crippen molar-refractivity contribution >= 4 is 11.9 Å². The molecule has 1 rings (SSSR count). The smallest absolute Gasteiger partial charge is 0.325 e. The molecule has 0 aromatic heterocycles. The maximum absolute atomic E-state index is 12.5. The van der Waals surface area contributed by atoms with E-state index in [1.165, 1.54) is 7.11 Å². The minimum Gasteiger partial charge on any atom is -0.468 e. The normalized spacial score (nSPS) is 23.2. The first-order chi connectivity index (χ1) is 8.99. The van der Waals surface area contributed by atoms with Crippen LogP contribution in [-0.2, 0) is 14.3 Å². The summed E-state index contributed by atoms with van der Waals surface area (Å²) in [6.45, 7) is 4.60. The van der Waals surface area contributed by atoms with E-state index >= 15 is 0 Å². The molecule has 0 bridgehead atoms. The molecule has 1 amide bonds. The third-order valence-corrected chi connectivity index (χ3v) is 3.96. The highest BCUT2D eigenvalue weighted by molar-refractivity contribution is 5.84. The van der Waals surface area contributed by atoms with E-state index in [0.717, 1.165) is 25.7 Å². The molecule has 1 aliphatic rings. The zero-order valence-corrected chi connectivity index (χ0v) is 12.2. The number of carbonyl (C=O) groups is 2. The van der Waals surface area contributed by atoms with Gasteiger partial charge in [-0.15, -0.1) is 0 Å². The summed E-state index contributed by atoms with van der Waals surface area (Å²) >= 11 is 0. The Morgan fingerprint density at radius 1 is 1.26 bits per heavy atom. The van der Waals surface area contributed by atoms with Crippen molar-refractivity contribution in [2.45, 2.75) is 45.6 Å². The van der Waals surface area contributed by atoms with Crippen molar-refractivity contribution in [3.63, 3.8) is 0 Å². The van der Waals surface area contributed by atoms with E-state index in [2.05, 4.69) is 4.74 Å². The summed E-state index contributed by atoms with van der Waals surface area (Å²) in [5, 5.41) is 0. The van der Waals surface area contributed by atoms with Crippen LogP contribution in [0.1, 0.15) is 39.5 Å². The van der Waals surface area contributed by atoms with Crippen LogP contribution in [0.2, 0.25) is 0 Å². The Labute approximate surface area is 115 Å². The fourth-order valence-electron chi connectivity index (χ4n) is 2.60. The highest BCUT2D eigenvalue weighted by Crippen LogP contribution is 2.29. The van der Waals surface area contributed by atoms with Crippen molar-refractivity contribution in [2.24, 2.45) is 17.6 Å². The van der Waals surface area contributed by atoms with Crippen molar-refractivity contribution in [2.75, 3.05) is 20.2 Å². The third kappa shape index (κ3) is 4.49. The summed E-state index contributed by atoms with van der Waals surface area (Å²) in [5.74, 6) is 0.306. The number of nitrogens with two attached hydrogens (primary N) is 1.